The first kappa shape index (κ1) is 15.8. The van der Waals surface area contributed by atoms with Crippen LogP contribution in [0.25, 0.3) is 0 Å². The van der Waals surface area contributed by atoms with Gasteiger partial charge in [0, 0.05) is 17.0 Å². The van der Waals surface area contributed by atoms with Gasteiger partial charge < -0.3 is 14.6 Å². The van der Waals surface area contributed by atoms with Crippen molar-refractivity contribution in [2.24, 2.45) is 0 Å². The highest BCUT2D eigenvalue weighted by atomic mass is 32.1. The van der Waals surface area contributed by atoms with E-state index in [0.717, 1.165) is 29.1 Å². The van der Waals surface area contributed by atoms with E-state index in [2.05, 4.69) is 11.9 Å². The van der Waals surface area contributed by atoms with Crippen molar-refractivity contribution in [3.8, 4) is 11.5 Å². The van der Waals surface area contributed by atoms with Crippen LogP contribution in [-0.4, -0.2) is 17.2 Å². The molecule has 1 N–H and O–H groups in total. The van der Waals surface area contributed by atoms with Gasteiger partial charge in [-0.2, -0.15) is 0 Å². The number of aryl methyl sites for hydroxylation is 1. The van der Waals surface area contributed by atoms with Gasteiger partial charge in [0.15, 0.2) is 0 Å². The van der Waals surface area contributed by atoms with Gasteiger partial charge in [0.25, 0.3) is 0 Å². The van der Waals surface area contributed by atoms with Gasteiger partial charge in [-0.15, -0.1) is 11.3 Å². The molecule has 2 aromatic rings. The molecule has 1 heterocycles. The second kappa shape index (κ2) is 7.43. The second-order valence-corrected chi connectivity index (χ2v) is 5.79. The van der Waals surface area contributed by atoms with E-state index in [1.165, 1.54) is 0 Å². The summed E-state index contributed by atoms with van der Waals surface area (Å²) in [4.78, 5) is 4.53. The third kappa shape index (κ3) is 4.19. The fraction of sp³-hybridized carbons (Fsp3) is 0.438. The van der Waals surface area contributed by atoms with Crippen LogP contribution in [-0.2, 0) is 13.0 Å². The average molecular weight is 307 g/mol. The van der Waals surface area contributed by atoms with Crippen LogP contribution in [0.1, 0.15) is 42.6 Å². The zero-order valence-electron chi connectivity index (χ0n) is 12.6. The predicted octanol–water partition coefficient (Wildman–Crippen LogP) is 3.74. The lowest BCUT2D eigenvalue weighted by Gasteiger charge is -2.14. The van der Waals surface area contributed by atoms with E-state index in [-0.39, 0.29) is 0 Å². The van der Waals surface area contributed by atoms with E-state index >= 15 is 0 Å². The maximum atomic E-state index is 9.81. The quantitative estimate of drug-likeness (QED) is 0.846. The monoisotopic (exact) mass is 307 g/mol. The van der Waals surface area contributed by atoms with E-state index < -0.39 is 6.10 Å². The number of thiazole rings is 1. The number of hydrogen-bond acceptors (Lipinski definition) is 5. The van der Waals surface area contributed by atoms with Crippen molar-refractivity contribution in [3.63, 3.8) is 0 Å². The van der Waals surface area contributed by atoms with Crippen molar-refractivity contribution in [1.82, 2.24) is 4.98 Å². The van der Waals surface area contributed by atoms with Gasteiger partial charge in [0.2, 0.25) is 0 Å². The molecule has 0 saturated carbocycles. The molecule has 114 valence electrons. The smallest absolute Gasteiger partial charge is 0.131 e. The lowest BCUT2D eigenvalue weighted by atomic mass is 10.1. The number of hydrogen-bond donors (Lipinski definition) is 1. The Balaban J connectivity index is 2.10. The van der Waals surface area contributed by atoms with Crippen LogP contribution in [0.2, 0.25) is 0 Å². The summed E-state index contributed by atoms with van der Waals surface area (Å²) in [6.45, 7) is 4.26. The minimum absolute atomic E-state index is 0.396. The Morgan fingerprint density at radius 2 is 2.19 bits per heavy atom. The molecule has 0 fully saturated rings. The van der Waals surface area contributed by atoms with E-state index in [4.69, 9.17) is 9.47 Å². The van der Waals surface area contributed by atoms with E-state index in [9.17, 15) is 5.11 Å². The molecule has 0 saturated heterocycles. The summed E-state index contributed by atoms with van der Waals surface area (Å²) in [6, 6.07) is 5.43. The molecule has 0 bridgehead atoms. The number of methoxy groups -OCH3 is 1. The Morgan fingerprint density at radius 1 is 1.38 bits per heavy atom. The Kier molecular flexibility index (Phi) is 5.59. The Bertz CT molecular complexity index is 581. The van der Waals surface area contributed by atoms with Gasteiger partial charge in [0.05, 0.1) is 23.9 Å². The number of ether oxygens (including phenoxy) is 2. The predicted molar refractivity (Wildman–Crippen MR) is 84.1 cm³/mol. The number of aliphatic hydroxyl groups is 1. The van der Waals surface area contributed by atoms with Gasteiger partial charge in [0.1, 0.15) is 18.1 Å². The molecule has 0 spiro atoms. The minimum atomic E-state index is -0.586. The van der Waals surface area contributed by atoms with Crippen molar-refractivity contribution in [3.05, 3.63) is 39.8 Å². The molecule has 1 atom stereocenters. The molecular weight excluding hydrogens is 286 g/mol. The van der Waals surface area contributed by atoms with Crippen LogP contribution < -0.4 is 9.47 Å². The third-order valence-electron chi connectivity index (χ3n) is 3.11. The molecule has 4 nitrogen and oxygen atoms in total. The number of aliphatic hydroxyl groups excluding tert-OH is 1. The lowest BCUT2D eigenvalue weighted by Crippen LogP contribution is -2.02. The van der Waals surface area contributed by atoms with Gasteiger partial charge in [-0.1, -0.05) is 6.92 Å². The summed E-state index contributed by atoms with van der Waals surface area (Å²) in [7, 11) is 1.61. The first-order chi connectivity index (χ1) is 10.1. The first-order valence-corrected chi connectivity index (χ1v) is 7.94. The van der Waals surface area contributed by atoms with Crippen molar-refractivity contribution < 1.29 is 14.6 Å². The standard InChI is InChI=1S/C16H21NO3S/c1-4-5-16-17-12(10-21-16)9-20-15-8-13(19-3)6-7-14(15)11(2)18/h6-8,10-11,18H,4-5,9H2,1-3H3/t11-/m1/s1. The summed E-state index contributed by atoms with van der Waals surface area (Å²) in [5, 5.41) is 13.0. The van der Waals surface area contributed by atoms with E-state index in [0.29, 0.717) is 18.1 Å². The molecule has 0 amide bonds. The molecule has 0 unspecified atom stereocenters. The Morgan fingerprint density at radius 3 is 2.86 bits per heavy atom. The maximum absolute atomic E-state index is 9.81. The SMILES string of the molecule is CCCc1nc(COc2cc(OC)ccc2[C@@H](C)O)cs1. The number of nitrogens with zero attached hydrogens (tertiary/aromatic N) is 1. The highest BCUT2D eigenvalue weighted by Crippen LogP contribution is 2.30. The van der Waals surface area contributed by atoms with Crippen LogP contribution in [0.3, 0.4) is 0 Å². The zero-order valence-corrected chi connectivity index (χ0v) is 13.4. The van der Waals surface area contributed by atoms with Crippen LogP contribution in [0, 0.1) is 0 Å². The summed E-state index contributed by atoms with van der Waals surface area (Å²) in [6.07, 6.45) is 1.51. The summed E-state index contributed by atoms with van der Waals surface area (Å²) in [5.74, 6) is 1.34. The molecule has 0 radical (unpaired) electrons. The Labute approximate surface area is 129 Å². The summed E-state index contributed by atoms with van der Waals surface area (Å²) < 4.78 is 11.0. The van der Waals surface area contributed by atoms with E-state index in [1.807, 2.05) is 17.5 Å². The molecule has 0 aliphatic heterocycles. The third-order valence-corrected chi connectivity index (χ3v) is 4.07. The second-order valence-electron chi connectivity index (χ2n) is 4.85. The van der Waals surface area contributed by atoms with Crippen molar-refractivity contribution in [2.45, 2.75) is 39.4 Å². The zero-order chi connectivity index (χ0) is 15.2. The number of benzene rings is 1. The molecule has 21 heavy (non-hydrogen) atoms. The van der Waals surface area contributed by atoms with Gasteiger partial charge in [-0.25, -0.2) is 4.98 Å². The largest absolute Gasteiger partial charge is 0.497 e. The van der Waals surface area contributed by atoms with Crippen molar-refractivity contribution >= 4 is 11.3 Å². The van der Waals surface area contributed by atoms with Crippen LogP contribution in [0.15, 0.2) is 23.6 Å². The van der Waals surface area contributed by atoms with Gasteiger partial charge in [-0.3, -0.25) is 0 Å². The van der Waals surface area contributed by atoms with Crippen LogP contribution in [0.4, 0.5) is 0 Å². The van der Waals surface area contributed by atoms with Gasteiger partial charge >= 0.3 is 0 Å². The van der Waals surface area contributed by atoms with Crippen LogP contribution in [0.5, 0.6) is 11.5 Å². The summed E-state index contributed by atoms with van der Waals surface area (Å²) >= 11 is 1.66. The highest BCUT2D eigenvalue weighted by Gasteiger charge is 2.11. The molecular formula is C16H21NO3S. The normalized spacial score (nSPS) is 12.2. The van der Waals surface area contributed by atoms with Gasteiger partial charge in [-0.05, 0) is 31.9 Å². The molecule has 0 aliphatic rings. The molecule has 2 rings (SSSR count). The minimum Gasteiger partial charge on any atom is -0.497 e. The fourth-order valence-corrected chi connectivity index (χ4v) is 2.89. The Hall–Kier alpha value is -1.59. The first-order valence-electron chi connectivity index (χ1n) is 7.06. The maximum Gasteiger partial charge on any atom is 0.131 e. The number of rotatable bonds is 7. The average Bonchev–Trinajstić information content (AvgIpc) is 2.92. The molecule has 1 aromatic heterocycles. The van der Waals surface area contributed by atoms with Crippen LogP contribution >= 0.6 is 11.3 Å². The summed E-state index contributed by atoms with van der Waals surface area (Å²) in [5.41, 5.74) is 1.67. The highest BCUT2D eigenvalue weighted by molar-refractivity contribution is 7.09. The molecule has 5 heteroatoms. The number of aromatic nitrogens is 1. The van der Waals surface area contributed by atoms with E-state index in [1.54, 1.807) is 31.4 Å². The topological polar surface area (TPSA) is 51.6 Å². The van der Waals surface area contributed by atoms with Crippen molar-refractivity contribution in [2.75, 3.05) is 7.11 Å². The van der Waals surface area contributed by atoms with Crippen molar-refractivity contribution in [1.29, 1.82) is 0 Å². The molecule has 0 aliphatic carbocycles. The fourth-order valence-electron chi connectivity index (χ4n) is 2.01. The lowest BCUT2D eigenvalue weighted by molar-refractivity contribution is 0.189. The molecule has 1 aromatic carbocycles.